The maximum absolute atomic E-state index is 6.23. The molecule has 2 rings (SSSR count). The zero-order valence-electron chi connectivity index (χ0n) is 9.99. The Morgan fingerprint density at radius 3 is 2.69 bits per heavy atom. The summed E-state index contributed by atoms with van der Waals surface area (Å²) in [6.07, 6.45) is 3.02. The second-order valence-corrected chi connectivity index (χ2v) is 4.18. The number of hydrogen-bond acceptors (Lipinski definition) is 2. The highest BCUT2D eigenvalue weighted by molar-refractivity contribution is 5.82. The smallest absolute Gasteiger partial charge is 0.134 e. The van der Waals surface area contributed by atoms with Gasteiger partial charge in [-0.15, -0.1) is 0 Å². The van der Waals surface area contributed by atoms with Crippen molar-refractivity contribution in [2.24, 2.45) is 5.73 Å². The lowest BCUT2D eigenvalue weighted by Crippen LogP contribution is -2.10. The number of nitrogens with two attached hydrogens (primary N) is 1. The molecule has 86 valence electrons. The predicted octanol–water partition coefficient (Wildman–Crippen LogP) is 3.80. The highest BCUT2D eigenvalue weighted by Gasteiger charge is 2.17. The Labute approximate surface area is 96.4 Å². The van der Waals surface area contributed by atoms with E-state index in [1.54, 1.807) is 0 Å². The molecule has 0 amide bonds. The van der Waals surface area contributed by atoms with Crippen LogP contribution in [-0.2, 0) is 6.42 Å². The first-order chi connectivity index (χ1) is 7.77. The molecule has 0 spiro atoms. The molecule has 16 heavy (non-hydrogen) atoms. The first-order valence-corrected chi connectivity index (χ1v) is 6.03. The minimum atomic E-state index is 0.101. The van der Waals surface area contributed by atoms with E-state index < -0.39 is 0 Å². The van der Waals surface area contributed by atoms with Crippen LogP contribution in [0.3, 0.4) is 0 Å². The summed E-state index contributed by atoms with van der Waals surface area (Å²) in [6.45, 7) is 4.27. The van der Waals surface area contributed by atoms with Gasteiger partial charge in [-0.1, -0.05) is 38.5 Å². The second-order valence-electron chi connectivity index (χ2n) is 4.18. The number of rotatable bonds is 4. The molecule has 0 bridgehead atoms. The summed E-state index contributed by atoms with van der Waals surface area (Å²) in [5.74, 6) is 1.04. The topological polar surface area (TPSA) is 39.2 Å². The van der Waals surface area contributed by atoms with Gasteiger partial charge in [-0.3, -0.25) is 0 Å². The van der Waals surface area contributed by atoms with Crippen LogP contribution in [0, 0.1) is 0 Å². The summed E-state index contributed by atoms with van der Waals surface area (Å²) in [5, 5.41) is 1.18. The fourth-order valence-electron chi connectivity index (χ4n) is 2.24. The molecule has 0 aliphatic rings. The standard InChI is InChI=1S/C14H19NO/c1-3-7-11(15)14-10-8-5-6-9-13(10)16-12(14)4-2/h5-6,8-9,11H,3-4,7,15H2,1-2H3. The van der Waals surface area contributed by atoms with Crippen LogP contribution in [0.25, 0.3) is 11.0 Å². The van der Waals surface area contributed by atoms with Crippen molar-refractivity contribution in [1.29, 1.82) is 0 Å². The van der Waals surface area contributed by atoms with Gasteiger partial charge in [0.15, 0.2) is 0 Å². The molecule has 0 fully saturated rings. The summed E-state index contributed by atoms with van der Waals surface area (Å²) in [7, 11) is 0. The van der Waals surface area contributed by atoms with Crippen molar-refractivity contribution in [1.82, 2.24) is 0 Å². The van der Waals surface area contributed by atoms with Crippen LogP contribution in [0.15, 0.2) is 28.7 Å². The predicted molar refractivity (Wildman–Crippen MR) is 67.4 cm³/mol. The fraction of sp³-hybridized carbons (Fsp3) is 0.429. The Bertz CT molecular complexity index is 473. The zero-order chi connectivity index (χ0) is 11.5. The SMILES string of the molecule is CCCC(N)c1c(CC)oc2ccccc12. The molecule has 0 aliphatic carbocycles. The fourth-order valence-corrected chi connectivity index (χ4v) is 2.24. The van der Waals surface area contributed by atoms with E-state index in [2.05, 4.69) is 19.9 Å². The van der Waals surface area contributed by atoms with E-state index in [0.29, 0.717) is 0 Å². The summed E-state index contributed by atoms with van der Waals surface area (Å²) >= 11 is 0. The van der Waals surface area contributed by atoms with Gasteiger partial charge in [0.05, 0.1) is 0 Å². The van der Waals surface area contributed by atoms with Gasteiger partial charge in [0.25, 0.3) is 0 Å². The molecule has 1 unspecified atom stereocenters. The lowest BCUT2D eigenvalue weighted by molar-refractivity contribution is 0.533. The number of hydrogen-bond donors (Lipinski definition) is 1. The molecule has 0 aliphatic heterocycles. The molecule has 0 saturated carbocycles. The van der Waals surface area contributed by atoms with Gasteiger partial charge in [-0.05, 0) is 12.5 Å². The Balaban J connectivity index is 2.55. The van der Waals surface area contributed by atoms with Crippen molar-refractivity contribution in [2.75, 3.05) is 0 Å². The second kappa shape index (κ2) is 4.71. The van der Waals surface area contributed by atoms with Gasteiger partial charge in [-0.25, -0.2) is 0 Å². The van der Waals surface area contributed by atoms with E-state index in [9.17, 15) is 0 Å². The molecular weight excluding hydrogens is 198 g/mol. The third kappa shape index (κ3) is 1.85. The number of fused-ring (bicyclic) bond motifs is 1. The maximum atomic E-state index is 6.23. The molecule has 1 aromatic heterocycles. The molecular formula is C14H19NO. The average molecular weight is 217 g/mol. The molecule has 1 heterocycles. The lowest BCUT2D eigenvalue weighted by Gasteiger charge is -2.10. The number of para-hydroxylation sites is 1. The first-order valence-electron chi connectivity index (χ1n) is 6.03. The number of aryl methyl sites for hydroxylation is 1. The third-order valence-corrected chi connectivity index (χ3v) is 3.00. The van der Waals surface area contributed by atoms with Gasteiger partial charge in [0, 0.05) is 23.4 Å². The minimum Gasteiger partial charge on any atom is -0.461 e. The van der Waals surface area contributed by atoms with Crippen LogP contribution in [0.4, 0.5) is 0 Å². The number of furan rings is 1. The van der Waals surface area contributed by atoms with Gasteiger partial charge in [0.1, 0.15) is 11.3 Å². The van der Waals surface area contributed by atoms with Crippen molar-refractivity contribution >= 4 is 11.0 Å². The Morgan fingerprint density at radius 1 is 1.25 bits per heavy atom. The normalized spacial score (nSPS) is 13.2. The van der Waals surface area contributed by atoms with Gasteiger partial charge in [0.2, 0.25) is 0 Å². The van der Waals surface area contributed by atoms with E-state index in [0.717, 1.165) is 30.6 Å². The van der Waals surface area contributed by atoms with Crippen LogP contribution in [-0.4, -0.2) is 0 Å². The molecule has 0 radical (unpaired) electrons. The summed E-state index contributed by atoms with van der Waals surface area (Å²) in [6, 6.07) is 8.25. The van der Waals surface area contributed by atoms with E-state index in [1.807, 2.05) is 18.2 Å². The molecule has 2 N–H and O–H groups in total. The molecule has 2 nitrogen and oxygen atoms in total. The summed E-state index contributed by atoms with van der Waals surface area (Å²) in [4.78, 5) is 0. The highest BCUT2D eigenvalue weighted by atomic mass is 16.3. The van der Waals surface area contributed by atoms with Crippen LogP contribution >= 0.6 is 0 Å². The third-order valence-electron chi connectivity index (χ3n) is 3.00. The molecule has 1 aromatic carbocycles. The highest BCUT2D eigenvalue weighted by Crippen LogP contribution is 2.31. The van der Waals surface area contributed by atoms with Crippen LogP contribution in [0.5, 0.6) is 0 Å². The van der Waals surface area contributed by atoms with Gasteiger partial charge in [-0.2, -0.15) is 0 Å². The molecule has 1 atom stereocenters. The van der Waals surface area contributed by atoms with E-state index in [1.165, 1.54) is 10.9 Å². The van der Waals surface area contributed by atoms with E-state index in [-0.39, 0.29) is 6.04 Å². The number of benzene rings is 1. The van der Waals surface area contributed by atoms with Crippen molar-refractivity contribution in [3.05, 3.63) is 35.6 Å². The molecule has 0 saturated heterocycles. The molecule has 2 aromatic rings. The van der Waals surface area contributed by atoms with Crippen molar-refractivity contribution in [3.8, 4) is 0 Å². The summed E-state index contributed by atoms with van der Waals surface area (Å²) in [5.41, 5.74) is 8.40. The lowest BCUT2D eigenvalue weighted by atomic mass is 9.99. The monoisotopic (exact) mass is 217 g/mol. The quantitative estimate of drug-likeness (QED) is 0.846. The van der Waals surface area contributed by atoms with Gasteiger partial charge < -0.3 is 10.2 Å². The van der Waals surface area contributed by atoms with Gasteiger partial charge >= 0.3 is 0 Å². The van der Waals surface area contributed by atoms with E-state index >= 15 is 0 Å². The Hall–Kier alpha value is -1.28. The first kappa shape index (κ1) is 11.2. The van der Waals surface area contributed by atoms with Crippen molar-refractivity contribution in [2.45, 2.75) is 39.2 Å². The largest absolute Gasteiger partial charge is 0.461 e. The average Bonchev–Trinajstić information content (AvgIpc) is 2.67. The Kier molecular flexibility index (Phi) is 3.30. The Morgan fingerprint density at radius 2 is 2.00 bits per heavy atom. The minimum absolute atomic E-state index is 0.101. The van der Waals surface area contributed by atoms with Crippen LogP contribution in [0.1, 0.15) is 44.1 Å². The maximum Gasteiger partial charge on any atom is 0.134 e. The van der Waals surface area contributed by atoms with Crippen molar-refractivity contribution in [3.63, 3.8) is 0 Å². The van der Waals surface area contributed by atoms with Crippen LogP contribution in [0.2, 0.25) is 0 Å². The van der Waals surface area contributed by atoms with Crippen molar-refractivity contribution < 1.29 is 4.42 Å². The van der Waals surface area contributed by atoms with E-state index in [4.69, 9.17) is 10.2 Å². The molecule has 2 heteroatoms. The summed E-state index contributed by atoms with van der Waals surface area (Å²) < 4.78 is 5.84. The zero-order valence-corrected chi connectivity index (χ0v) is 9.99. The van der Waals surface area contributed by atoms with Crippen LogP contribution < -0.4 is 5.73 Å².